The van der Waals surface area contributed by atoms with Crippen LogP contribution in [0.5, 0.6) is 0 Å². The molecule has 40 heavy (non-hydrogen) atoms. The van der Waals surface area contributed by atoms with Gasteiger partial charge in [0.2, 0.25) is 17.7 Å². The molecule has 9 nitrogen and oxygen atoms in total. The molecule has 3 aromatic rings. The van der Waals surface area contributed by atoms with Gasteiger partial charge in [0.05, 0.1) is 12.5 Å². The molecule has 0 spiro atoms. The van der Waals surface area contributed by atoms with Crippen molar-refractivity contribution < 1.29 is 19.2 Å². The molecule has 1 aliphatic carbocycles. The number of pyridine rings is 1. The van der Waals surface area contributed by atoms with Crippen molar-refractivity contribution in [2.75, 3.05) is 17.2 Å². The minimum Gasteiger partial charge on any atom is -0.325 e. The fraction of sp³-hybridized carbons (Fsp3) is 0.300. The van der Waals surface area contributed by atoms with E-state index in [1.54, 1.807) is 32.2 Å². The van der Waals surface area contributed by atoms with Crippen molar-refractivity contribution in [3.63, 3.8) is 0 Å². The highest BCUT2D eigenvalue weighted by Gasteiger charge is 2.43. The molecule has 2 N–H and O–H groups in total. The minimum atomic E-state index is -0.670. The second kappa shape index (κ2) is 11.4. The van der Waals surface area contributed by atoms with Gasteiger partial charge in [-0.1, -0.05) is 65.1 Å². The number of aromatic nitrogens is 1. The second-order valence-electron chi connectivity index (χ2n) is 10.4. The number of halogens is 1. The molecule has 1 fully saturated rings. The molecule has 2 atom stereocenters. The maximum atomic E-state index is 13.4. The first kappa shape index (κ1) is 27.8. The Morgan fingerprint density at radius 3 is 2.42 bits per heavy atom. The number of nitrogens with one attached hydrogen (secondary N) is 2. The molecule has 1 aromatic heterocycles. The van der Waals surface area contributed by atoms with Gasteiger partial charge in [-0.25, -0.2) is 9.78 Å². The highest BCUT2D eigenvalue weighted by molar-refractivity contribution is 14.1. The Labute approximate surface area is 246 Å². The molecular formula is C30H30IN5O4. The van der Waals surface area contributed by atoms with Crippen LogP contribution in [-0.2, 0) is 27.2 Å². The molecule has 10 heteroatoms. The minimum absolute atomic E-state index is 0.109. The first-order valence-electron chi connectivity index (χ1n) is 13.2. The van der Waals surface area contributed by atoms with E-state index in [4.69, 9.17) is 0 Å². The largest absolute Gasteiger partial charge is 0.327 e. The van der Waals surface area contributed by atoms with Gasteiger partial charge in [-0.05, 0) is 67.6 Å². The Morgan fingerprint density at radius 2 is 1.73 bits per heavy atom. The average molecular weight is 652 g/mol. The number of hydrogen-bond donors (Lipinski definition) is 2. The predicted octanol–water partition coefficient (Wildman–Crippen LogP) is 4.74. The summed E-state index contributed by atoms with van der Waals surface area (Å²) in [5.74, 6) is -0.225. The Bertz CT molecular complexity index is 1450. The van der Waals surface area contributed by atoms with E-state index in [0.29, 0.717) is 24.3 Å². The number of alkyl halides is 1. The van der Waals surface area contributed by atoms with Crippen molar-refractivity contribution in [3.05, 3.63) is 89.6 Å². The molecule has 2 aliphatic rings. The van der Waals surface area contributed by atoms with Gasteiger partial charge in [-0.3, -0.25) is 19.3 Å². The van der Waals surface area contributed by atoms with E-state index < -0.39 is 15.5 Å². The van der Waals surface area contributed by atoms with Crippen LogP contribution in [0.4, 0.5) is 16.3 Å². The molecule has 2 heterocycles. The van der Waals surface area contributed by atoms with Crippen LogP contribution in [0.25, 0.3) is 0 Å². The van der Waals surface area contributed by atoms with Crippen molar-refractivity contribution >= 4 is 57.8 Å². The quantitative estimate of drug-likeness (QED) is 0.284. The van der Waals surface area contributed by atoms with E-state index in [-0.39, 0.29) is 36.7 Å². The topological polar surface area (TPSA) is 112 Å². The number of nitrogens with zero attached hydrogens (tertiary/aromatic N) is 3. The molecular weight excluding hydrogens is 621 g/mol. The third-order valence-corrected chi connectivity index (χ3v) is 8.48. The maximum absolute atomic E-state index is 13.4. The average Bonchev–Trinajstić information content (AvgIpc) is 3.28. The smallest absolute Gasteiger partial charge is 0.325 e. The molecule has 0 saturated carbocycles. The zero-order chi connectivity index (χ0) is 28.4. The number of benzene rings is 2. The first-order chi connectivity index (χ1) is 19.1. The molecule has 0 radical (unpaired) electrons. The standard InChI is InChI=1S/C30H30IN5O4/c1-19(2)36-27(38)15-24(20-8-4-3-5-9-20)35(29(36)40)18-26(37)33-23-12-11-21-16-30(31,17-22(21)14-23)28(39)34-25-10-6-7-13-32-25/h3-14,19,24H,15-18H2,1-2H3,(H,33,37)(H,32,34,39)/t24?,30-/m0/s1. The summed E-state index contributed by atoms with van der Waals surface area (Å²) >= 11 is 2.20. The van der Waals surface area contributed by atoms with Crippen molar-refractivity contribution in [2.24, 2.45) is 0 Å². The third kappa shape index (κ3) is 5.72. The van der Waals surface area contributed by atoms with E-state index in [1.165, 1.54) is 9.80 Å². The van der Waals surface area contributed by atoms with Crippen LogP contribution in [0.2, 0.25) is 0 Å². The number of carbonyl (C=O) groups excluding carboxylic acids is 4. The number of urea groups is 1. The van der Waals surface area contributed by atoms with Gasteiger partial charge < -0.3 is 15.5 Å². The van der Waals surface area contributed by atoms with E-state index in [9.17, 15) is 19.2 Å². The van der Waals surface area contributed by atoms with Crippen LogP contribution in [0.3, 0.4) is 0 Å². The van der Waals surface area contributed by atoms with Crippen LogP contribution in [0.15, 0.2) is 72.9 Å². The SMILES string of the molecule is CC(C)N1C(=O)CC(c2ccccc2)N(CC(=O)Nc2ccc3c(c2)C[C@](I)(C(=O)Nc2ccccn2)C3)C1=O. The lowest BCUT2D eigenvalue weighted by atomic mass is 9.98. The molecule has 0 bridgehead atoms. The molecule has 1 saturated heterocycles. The van der Waals surface area contributed by atoms with E-state index in [0.717, 1.165) is 16.7 Å². The summed E-state index contributed by atoms with van der Waals surface area (Å²) in [6, 6.07) is 19.0. The Hall–Kier alpha value is -3.80. The zero-order valence-corrected chi connectivity index (χ0v) is 24.4. The van der Waals surface area contributed by atoms with Gasteiger partial charge in [0.1, 0.15) is 15.8 Å². The first-order valence-corrected chi connectivity index (χ1v) is 14.2. The molecule has 2 aromatic carbocycles. The number of carbonyl (C=O) groups is 4. The highest BCUT2D eigenvalue weighted by atomic mass is 127. The number of anilines is 2. The normalized spacial score (nSPS) is 20.4. The second-order valence-corrected chi connectivity index (χ2v) is 12.5. The van der Waals surface area contributed by atoms with Crippen LogP contribution in [0, 0.1) is 0 Å². The van der Waals surface area contributed by atoms with Gasteiger partial charge in [0, 0.05) is 17.9 Å². The fourth-order valence-electron chi connectivity index (χ4n) is 5.30. The van der Waals surface area contributed by atoms with Crippen LogP contribution in [-0.4, -0.2) is 54.5 Å². The summed E-state index contributed by atoms with van der Waals surface area (Å²) in [6.45, 7) is 3.37. The maximum Gasteiger partial charge on any atom is 0.327 e. The zero-order valence-electron chi connectivity index (χ0n) is 22.3. The van der Waals surface area contributed by atoms with Crippen LogP contribution >= 0.6 is 22.6 Å². The summed E-state index contributed by atoms with van der Waals surface area (Å²) in [7, 11) is 0. The van der Waals surface area contributed by atoms with Crippen molar-refractivity contribution in [2.45, 2.75) is 48.6 Å². The lowest BCUT2D eigenvalue weighted by Crippen LogP contribution is -2.57. The summed E-state index contributed by atoms with van der Waals surface area (Å²) in [5, 5.41) is 5.81. The molecule has 5 rings (SSSR count). The number of fused-ring (bicyclic) bond motifs is 1. The summed E-state index contributed by atoms with van der Waals surface area (Å²) in [5.41, 5.74) is 3.42. The van der Waals surface area contributed by atoms with E-state index >= 15 is 0 Å². The summed E-state index contributed by atoms with van der Waals surface area (Å²) in [6.07, 6.45) is 2.82. The monoisotopic (exact) mass is 651 g/mol. The Kier molecular flexibility index (Phi) is 7.88. The molecule has 1 unspecified atom stereocenters. The van der Waals surface area contributed by atoms with Crippen molar-refractivity contribution in [1.29, 1.82) is 0 Å². The molecule has 1 aliphatic heterocycles. The Balaban J connectivity index is 1.29. The summed E-state index contributed by atoms with van der Waals surface area (Å²) < 4.78 is -0.670. The van der Waals surface area contributed by atoms with E-state index in [1.807, 2.05) is 54.6 Å². The van der Waals surface area contributed by atoms with Crippen LogP contribution < -0.4 is 10.6 Å². The van der Waals surface area contributed by atoms with Crippen molar-refractivity contribution in [3.8, 4) is 0 Å². The molecule has 5 amide bonds. The predicted molar refractivity (Wildman–Crippen MR) is 160 cm³/mol. The van der Waals surface area contributed by atoms with Gasteiger partial charge in [0.15, 0.2) is 0 Å². The number of rotatable bonds is 7. The lowest BCUT2D eigenvalue weighted by Gasteiger charge is -2.41. The highest BCUT2D eigenvalue weighted by Crippen LogP contribution is 2.39. The van der Waals surface area contributed by atoms with E-state index in [2.05, 4.69) is 38.2 Å². The fourth-order valence-corrected chi connectivity index (χ4v) is 6.26. The Morgan fingerprint density at radius 1 is 1.00 bits per heavy atom. The van der Waals surface area contributed by atoms with Gasteiger partial charge >= 0.3 is 6.03 Å². The van der Waals surface area contributed by atoms with Crippen molar-refractivity contribution in [1.82, 2.24) is 14.8 Å². The van der Waals surface area contributed by atoms with Crippen LogP contribution in [0.1, 0.15) is 43.0 Å². The third-order valence-electron chi connectivity index (χ3n) is 7.22. The van der Waals surface area contributed by atoms with Gasteiger partial charge in [0.25, 0.3) is 0 Å². The number of imide groups is 1. The number of hydrogen-bond acceptors (Lipinski definition) is 5. The lowest BCUT2D eigenvalue weighted by molar-refractivity contribution is -0.135. The summed E-state index contributed by atoms with van der Waals surface area (Å²) in [4.78, 5) is 59.3. The molecule has 206 valence electrons. The number of amides is 5. The van der Waals surface area contributed by atoms with Gasteiger partial charge in [-0.2, -0.15) is 0 Å². The van der Waals surface area contributed by atoms with Gasteiger partial charge in [-0.15, -0.1) is 0 Å².